The molecule has 124 valence electrons. The number of carbonyl (C=O) groups excluding carboxylic acids is 2. The van der Waals surface area contributed by atoms with E-state index < -0.39 is 11.4 Å². The molecule has 3 amide bonds. The van der Waals surface area contributed by atoms with Crippen LogP contribution in [-0.4, -0.2) is 36.8 Å². The van der Waals surface area contributed by atoms with E-state index >= 15 is 0 Å². The van der Waals surface area contributed by atoms with Gasteiger partial charge in [-0.15, -0.1) is 0 Å². The van der Waals surface area contributed by atoms with Gasteiger partial charge in [0.25, 0.3) is 0 Å². The Hall–Kier alpha value is -2.37. The van der Waals surface area contributed by atoms with Gasteiger partial charge in [-0.2, -0.15) is 0 Å². The number of rotatable bonds is 5. The predicted molar refractivity (Wildman–Crippen MR) is 88.4 cm³/mol. The maximum atomic E-state index is 12.6. The first-order valence-corrected chi connectivity index (χ1v) is 7.75. The third kappa shape index (κ3) is 3.06. The van der Waals surface area contributed by atoms with Crippen LogP contribution in [0.15, 0.2) is 29.3 Å². The van der Waals surface area contributed by atoms with Crippen molar-refractivity contribution in [1.29, 1.82) is 0 Å². The summed E-state index contributed by atoms with van der Waals surface area (Å²) in [4.78, 5) is 30.2. The third-order valence-electron chi connectivity index (χ3n) is 4.48. The number of benzene rings is 1. The van der Waals surface area contributed by atoms with Crippen LogP contribution in [0.5, 0.6) is 5.75 Å². The van der Waals surface area contributed by atoms with E-state index in [2.05, 4.69) is 10.3 Å². The zero-order valence-electron chi connectivity index (χ0n) is 14.0. The first-order valence-electron chi connectivity index (χ1n) is 7.75. The number of amidine groups is 1. The van der Waals surface area contributed by atoms with Crippen molar-refractivity contribution in [2.75, 3.05) is 14.2 Å². The van der Waals surface area contributed by atoms with Crippen LogP contribution in [0.2, 0.25) is 0 Å². The highest BCUT2D eigenvalue weighted by atomic mass is 16.5. The molecule has 0 unspecified atom stereocenters. The van der Waals surface area contributed by atoms with Gasteiger partial charge in [-0.3, -0.25) is 20.0 Å². The molecule has 1 aliphatic rings. The number of ether oxygens (including phenoxy) is 1. The molecule has 1 heterocycles. The molecule has 1 saturated heterocycles. The van der Waals surface area contributed by atoms with E-state index in [0.29, 0.717) is 25.2 Å². The van der Waals surface area contributed by atoms with E-state index in [-0.39, 0.29) is 5.91 Å². The van der Waals surface area contributed by atoms with Gasteiger partial charge < -0.3 is 4.74 Å². The highest BCUT2D eigenvalue weighted by molar-refractivity contribution is 6.20. The molecule has 0 radical (unpaired) electrons. The van der Waals surface area contributed by atoms with Crippen LogP contribution in [-0.2, 0) is 11.3 Å². The predicted octanol–water partition coefficient (Wildman–Crippen LogP) is 2.58. The van der Waals surface area contributed by atoms with Crippen molar-refractivity contribution in [3.63, 3.8) is 0 Å². The smallest absolute Gasteiger partial charge is 0.329 e. The molecule has 1 fully saturated rings. The molecule has 0 spiro atoms. The lowest BCUT2D eigenvalue weighted by Gasteiger charge is -2.39. The minimum absolute atomic E-state index is 0.195. The molecule has 6 nitrogen and oxygen atoms in total. The fourth-order valence-electron chi connectivity index (χ4n) is 2.80. The number of urea groups is 1. The van der Waals surface area contributed by atoms with Crippen molar-refractivity contribution in [3.05, 3.63) is 29.8 Å². The number of hydrogen-bond acceptors (Lipinski definition) is 4. The maximum absolute atomic E-state index is 12.6. The van der Waals surface area contributed by atoms with Gasteiger partial charge in [0.05, 0.1) is 13.7 Å². The normalized spacial score (nSPS) is 19.0. The zero-order valence-corrected chi connectivity index (χ0v) is 14.0. The molecule has 1 N–H and O–H groups in total. The SMILES string of the molecule is CCC1(CC)C(=O)N(C)C(=O)NC1=NCc1ccc(OC)cc1. The number of amides is 3. The summed E-state index contributed by atoms with van der Waals surface area (Å²) in [6.07, 6.45) is 1.18. The Morgan fingerprint density at radius 2 is 1.78 bits per heavy atom. The summed E-state index contributed by atoms with van der Waals surface area (Å²) < 4.78 is 5.13. The lowest BCUT2D eigenvalue weighted by Crippen LogP contribution is -2.62. The van der Waals surface area contributed by atoms with Crippen LogP contribution in [0.3, 0.4) is 0 Å². The summed E-state index contributed by atoms with van der Waals surface area (Å²) in [6.45, 7) is 4.28. The summed E-state index contributed by atoms with van der Waals surface area (Å²) in [6, 6.07) is 7.13. The fraction of sp³-hybridized carbons (Fsp3) is 0.471. The van der Waals surface area contributed by atoms with Gasteiger partial charge in [0.2, 0.25) is 5.91 Å². The first-order chi connectivity index (χ1) is 11.0. The van der Waals surface area contributed by atoms with Crippen molar-refractivity contribution >= 4 is 17.8 Å². The highest BCUT2D eigenvalue weighted by Crippen LogP contribution is 2.33. The van der Waals surface area contributed by atoms with Crippen molar-refractivity contribution in [2.24, 2.45) is 10.4 Å². The van der Waals surface area contributed by atoms with Crippen LogP contribution in [0.25, 0.3) is 0 Å². The number of imide groups is 1. The monoisotopic (exact) mass is 317 g/mol. The molecule has 23 heavy (non-hydrogen) atoms. The van der Waals surface area contributed by atoms with Gasteiger partial charge in [0, 0.05) is 7.05 Å². The molecule has 0 aliphatic carbocycles. The molecule has 0 bridgehead atoms. The number of hydrogen-bond donors (Lipinski definition) is 1. The number of methoxy groups -OCH3 is 1. The quantitative estimate of drug-likeness (QED) is 0.907. The number of carbonyl (C=O) groups is 2. The molecule has 0 saturated carbocycles. The van der Waals surface area contributed by atoms with Crippen molar-refractivity contribution in [1.82, 2.24) is 10.2 Å². The van der Waals surface area contributed by atoms with E-state index in [1.54, 1.807) is 7.11 Å². The Morgan fingerprint density at radius 3 is 2.30 bits per heavy atom. The molecule has 2 rings (SSSR count). The minimum atomic E-state index is -0.755. The minimum Gasteiger partial charge on any atom is -0.497 e. The van der Waals surface area contributed by atoms with E-state index in [1.165, 1.54) is 7.05 Å². The molecule has 6 heteroatoms. The summed E-state index contributed by atoms with van der Waals surface area (Å²) >= 11 is 0. The van der Waals surface area contributed by atoms with Gasteiger partial charge in [-0.1, -0.05) is 26.0 Å². The second kappa shape index (κ2) is 6.81. The van der Waals surface area contributed by atoms with Gasteiger partial charge in [-0.25, -0.2) is 4.79 Å². The summed E-state index contributed by atoms with van der Waals surface area (Å²) in [5, 5.41) is 2.77. The van der Waals surface area contributed by atoms with E-state index in [1.807, 2.05) is 38.1 Å². The summed E-state index contributed by atoms with van der Waals surface area (Å²) in [5.41, 5.74) is 0.231. The van der Waals surface area contributed by atoms with Crippen molar-refractivity contribution in [3.8, 4) is 5.75 Å². The lowest BCUT2D eigenvalue weighted by atomic mass is 9.78. The Balaban J connectivity index is 2.29. The third-order valence-corrected chi connectivity index (χ3v) is 4.48. The largest absolute Gasteiger partial charge is 0.497 e. The molecule has 0 atom stereocenters. The number of nitrogens with zero attached hydrogens (tertiary/aromatic N) is 2. The van der Waals surface area contributed by atoms with E-state index in [9.17, 15) is 9.59 Å². The lowest BCUT2D eigenvalue weighted by molar-refractivity contribution is -0.135. The topological polar surface area (TPSA) is 71.0 Å². The van der Waals surface area contributed by atoms with Gasteiger partial charge in [0.15, 0.2) is 0 Å². The van der Waals surface area contributed by atoms with Crippen LogP contribution < -0.4 is 10.1 Å². The molecule has 1 aromatic carbocycles. The summed E-state index contributed by atoms with van der Waals surface area (Å²) in [7, 11) is 3.11. The van der Waals surface area contributed by atoms with Crippen molar-refractivity contribution < 1.29 is 14.3 Å². The molecular formula is C17H23N3O3. The standard InChI is InChI=1S/C17H23N3O3/c1-5-17(6-2)14(19-16(22)20(3)15(17)21)18-11-12-7-9-13(23-4)10-8-12/h7-10H,5-6,11H2,1-4H3,(H,18,19,22). The van der Waals surface area contributed by atoms with Crippen LogP contribution >= 0.6 is 0 Å². The number of nitrogens with one attached hydrogen (secondary N) is 1. The molecule has 1 aromatic rings. The van der Waals surface area contributed by atoms with Crippen LogP contribution in [0.4, 0.5) is 4.79 Å². The maximum Gasteiger partial charge on any atom is 0.329 e. The molecule has 1 aliphatic heterocycles. The number of aliphatic imine (C=N–C) groups is 1. The average molecular weight is 317 g/mol. The Bertz CT molecular complexity index is 618. The second-order valence-corrected chi connectivity index (χ2v) is 5.60. The van der Waals surface area contributed by atoms with Gasteiger partial charge >= 0.3 is 6.03 Å². The molecular weight excluding hydrogens is 294 g/mol. The van der Waals surface area contributed by atoms with Crippen molar-refractivity contribution in [2.45, 2.75) is 33.2 Å². The van der Waals surface area contributed by atoms with Crippen LogP contribution in [0, 0.1) is 5.41 Å². The second-order valence-electron chi connectivity index (χ2n) is 5.60. The Morgan fingerprint density at radius 1 is 1.17 bits per heavy atom. The first kappa shape index (κ1) is 17.0. The fourth-order valence-corrected chi connectivity index (χ4v) is 2.80. The van der Waals surface area contributed by atoms with Gasteiger partial charge in [0.1, 0.15) is 17.0 Å². The zero-order chi connectivity index (χ0) is 17.0. The Labute approximate surface area is 136 Å². The average Bonchev–Trinajstić information content (AvgIpc) is 2.59. The summed E-state index contributed by atoms with van der Waals surface area (Å²) in [5.74, 6) is 1.05. The van der Waals surface area contributed by atoms with E-state index in [0.717, 1.165) is 16.2 Å². The van der Waals surface area contributed by atoms with Crippen LogP contribution in [0.1, 0.15) is 32.3 Å². The molecule has 0 aromatic heterocycles. The Kier molecular flexibility index (Phi) is 5.03. The van der Waals surface area contributed by atoms with Gasteiger partial charge in [-0.05, 0) is 30.5 Å². The van der Waals surface area contributed by atoms with E-state index in [4.69, 9.17) is 4.74 Å². The highest BCUT2D eigenvalue weighted by Gasteiger charge is 2.48.